The molecular formula is C21H20O11. The summed E-state index contributed by atoms with van der Waals surface area (Å²) < 4.78 is 16.5. The van der Waals surface area contributed by atoms with Crippen LogP contribution in [0.4, 0.5) is 0 Å². The number of benzene rings is 2. The van der Waals surface area contributed by atoms with E-state index in [1.165, 1.54) is 24.3 Å². The van der Waals surface area contributed by atoms with Crippen molar-refractivity contribution in [1.29, 1.82) is 0 Å². The van der Waals surface area contributed by atoms with Crippen molar-refractivity contribution in [3.63, 3.8) is 0 Å². The number of aliphatic hydroxyl groups is 4. The van der Waals surface area contributed by atoms with Crippen molar-refractivity contribution in [3.05, 3.63) is 46.6 Å². The Bertz CT molecular complexity index is 1190. The third-order valence-electron chi connectivity index (χ3n) is 5.15. The predicted molar refractivity (Wildman–Crippen MR) is 107 cm³/mol. The Hall–Kier alpha value is -3.35. The topological polar surface area (TPSA) is 190 Å². The summed E-state index contributed by atoms with van der Waals surface area (Å²) in [5.74, 6) is -1.74. The van der Waals surface area contributed by atoms with Gasteiger partial charge in [0.2, 0.25) is 12.0 Å². The minimum atomic E-state index is -1.79. The van der Waals surface area contributed by atoms with Crippen LogP contribution in [0.1, 0.15) is 0 Å². The van der Waals surface area contributed by atoms with E-state index >= 15 is 0 Å². The fourth-order valence-electron chi connectivity index (χ4n) is 3.44. The van der Waals surface area contributed by atoms with Crippen LogP contribution in [-0.2, 0) is 4.74 Å². The fourth-order valence-corrected chi connectivity index (χ4v) is 3.44. The summed E-state index contributed by atoms with van der Waals surface area (Å²) in [6.07, 6.45) is -8.10. The number of aliphatic hydroxyl groups excluding tert-OH is 4. The number of ether oxygens (including phenoxy) is 2. The zero-order valence-electron chi connectivity index (χ0n) is 16.3. The molecule has 1 unspecified atom stereocenters. The summed E-state index contributed by atoms with van der Waals surface area (Å²) in [7, 11) is 0. The lowest BCUT2D eigenvalue weighted by molar-refractivity contribution is -0.277. The van der Waals surface area contributed by atoms with E-state index in [9.17, 15) is 40.5 Å². The molecule has 2 heterocycles. The maximum absolute atomic E-state index is 12.7. The Morgan fingerprint density at radius 2 is 1.59 bits per heavy atom. The first-order chi connectivity index (χ1) is 15.2. The maximum atomic E-state index is 12.7. The summed E-state index contributed by atoms with van der Waals surface area (Å²) in [6.45, 7) is -0.701. The van der Waals surface area contributed by atoms with Crippen LogP contribution in [0.3, 0.4) is 0 Å². The number of aromatic hydroxyl groups is 3. The number of rotatable bonds is 4. The summed E-state index contributed by atoms with van der Waals surface area (Å²) in [4.78, 5) is 12.7. The Morgan fingerprint density at radius 3 is 2.25 bits per heavy atom. The zero-order valence-corrected chi connectivity index (χ0v) is 16.3. The SMILES string of the molecule is O=c1cc(-c2ccc(O)cc2)oc2c(OC3O[C@H](CO)[C@@H](O)[C@H](O)[C@H]3O)c(O)cc(O)c12. The van der Waals surface area contributed by atoms with E-state index in [2.05, 4.69) is 0 Å². The van der Waals surface area contributed by atoms with E-state index in [0.717, 1.165) is 12.1 Å². The Kier molecular flexibility index (Phi) is 5.67. The molecule has 0 aliphatic carbocycles. The smallest absolute Gasteiger partial charge is 0.229 e. The van der Waals surface area contributed by atoms with Gasteiger partial charge in [0.25, 0.3) is 0 Å². The second kappa shape index (κ2) is 8.30. The van der Waals surface area contributed by atoms with Gasteiger partial charge in [0.05, 0.1) is 6.61 Å². The highest BCUT2D eigenvalue weighted by atomic mass is 16.7. The van der Waals surface area contributed by atoms with E-state index in [1.807, 2.05) is 0 Å². The molecule has 0 spiro atoms. The first-order valence-electron chi connectivity index (χ1n) is 9.50. The van der Waals surface area contributed by atoms with Crippen molar-refractivity contribution in [2.45, 2.75) is 30.7 Å². The molecule has 11 nitrogen and oxygen atoms in total. The van der Waals surface area contributed by atoms with Gasteiger partial charge in [-0.15, -0.1) is 0 Å². The second-order valence-electron chi connectivity index (χ2n) is 7.28. The van der Waals surface area contributed by atoms with Crippen molar-refractivity contribution in [3.8, 4) is 34.3 Å². The molecule has 1 aliphatic heterocycles. The molecule has 3 aromatic rings. The normalized spacial score (nSPS) is 25.7. The first kappa shape index (κ1) is 21.9. The highest BCUT2D eigenvalue weighted by Gasteiger charge is 2.45. The van der Waals surface area contributed by atoms with Gasteiger partial charge in [0, 0.05) is 17.7 Å². The molecule has 1 aliphatic rings. The van der Waals surface area contributed by atoms with Crippen molar-refractivity contribution >= 4 is 11.0 Å². The Labute approximate surface area is 179 Å². The molecule has 0 bridgehead atoms. The molecule has 1 saturated heterocycles. The van der Waals surface area contributed by atoms with Gasteiger partial charge in [-0.1, -0.05) is 0 Å². The van der Waals surface area contributed by atoms with Crippen LogP contribution >= 0.6 is 0 Å². The molecule has 170 valence electrons. The number of hydrogen-bond donors (Lipinski definition) is 7. The third kappa shape index (κ3) is 3.72. The maximum Gasteiger partial charge on any atom is 0.229 e. The molecule has 7 N–H and O–H groups in total. The van der Waals surface area contributed by atoms with Crippen LogP contribution in [0.2, 0.25) is 0 Å². The standard InChI is InChI=1S/C21H20O11/c22-7-14-16(27)17(28)18(29)21(31-14)32-19-12(26)5-10(24)15-11(25)6-13(30-20(15)19)8-1-3-9(23)4-2-8/h1-6,14,16-18,21-24,26-29H,7H2/t14-,16-,17+,18-,21?/m1/s1. The van der Waals surface area contributed by atoms with Gasteiger partial charge in [0.15, 0.2) is 16.8 Å². The Morgan fingerprint density at radius 1 is 0.906 bits per heavy atom. The summed E-state index contributed by atoms with van der Waals surface area (Å²) in [5, 5.41) is 69.1. The van der Waals surface area contributed by atoms with Gasteiger partial charge >= 0.3 is 0 Å². The number of hydrogen-bond acceptors (Lipinski definition) is 11. The summed E-state index contributed by atoms with van der Waals surface area (Å²) in [5.41, 5.74) is -0.663. The van der Waals surface area contributed by atoms with E-state index in [0.29, 0.717) is 5.56 Å². The molecule has 2 aromatic carbocycles. The molecule has 1 fully saturated rings. The molecular weight excluding hydrogens is 428 g/mol. The fraction of sp³-hybridized carbons (Fsp3) is 0.286. The molecule has 11 heteroatoms. The quantitative estimate of drug-likeness (QED) is 0.279. The van der Waals surface area contributed by atoms with Gasteiger partial charge in [-0.25, -0.2) is 0 Å². The van der Waals surface area contributed by atoms with Crippen molar-refractivity contribution in [1.82, 2.24) is 0 Å². The van der Waals surface area contributed by atoms with Crippen LogP contribution in [0.5, 0.6) is 23.0 Å². The number of fused-ring (bicyclic) bond motifs is 1. The monoisotopic (exact) mass is 448 g/mol. The first-order valence-corrected chi connectivity index (χ1v) is 9.50. The second-order valence-corrected chi connectivity index (χ2v) is 7.28. The van der Waals surface area contributed by atoms with Gasteiger partial charge in [-0.05, 0) is 24.3 Å². The van der Waals surface area contributed by atoms with Crippen molar-refractivity contribution in [2.75, 3.05) is 6.61 Å². The summed E-state index contributed by atoms with van der Waals surface area (Å²) >= 11 is 0. The van der Waals surface area contributed by atoms with Crippen LogP contribution in [0.25, 0.3) is 22.3 Å². The molecule has 1 aromatic heterocycles. The largest absolute Gasteiger partial charge is 0.508 e. The lowest BCUT2D eigenvalue weighted by atomic mass is 9.99. The van der Waals surface area contributed by atoms with Gasteiger partial charge in [-0.3, -0.25) is 4.79 Å². The highest BCUT2D eigenvalue weighted by molar-refractivity contribution is 5.91. The number of phenols is 3. The molecule has 0 amide bonds. The average molecular weight is 448 g/mol. The van der Waals surface area contributed by atoms with Crippen molar-refractivity contribution in [2.24, 2.45) is 0 Å². The van der Waals surface area contributed by atoms with Crippen molar-refractivity contribution < 1.29 is 49.6 Å². The lowest BCUT2D eigenvalue weighted by Gasteiger charge is -2.39. The van der Waals surface area contributed by atoms with E-state index in [-0.39, 0.29) is 22.5 Å². The zero-order chi connectivity index (χ0) is 23.2. The molecule has 4 rings (SSSR count). The predicted octanol–water partition coefficient (Wildman–Crippen LogP) is -0.245. The van der Waals surface area contributed by atoms with E-state index < -0.39 is 60.0 Å². The third-order valence-corrected chi connectivity index (χ3v) is 5.15. The summed E-state index contributed by atoms with van der Waals surface area (Å²) in [6, 6.07) is 7.61. The number of phenolic OH excluding ortho intramolecular Hbond substituents is 3. The van der Waals surface area contributed by atoms with Gasteiger partial charge in [0.1, 0.15) is 47.1 Å². The minimum Gasteiger partial charge on any atom is -0.508 e. The highest BCUT2D eigenvalue weighted by Crippen LogP contribution is 2.42. The molecule has 0 saturated carbocycles. The van der Waals surface area contributed by atoms with Gasteiger partial charge in [-0.2, -0.15) is 0 Å². The van der Waals surface area contributed by atoms with Gasteiger partial charge < -0.3 is 49.6 Å². The molecule has 5 atom stereocenters. The van der Waals surface area contributed by atoms with E-state index in [1.54, 1.807) is 0 Å². The average Bonchev–Trinajstić information content (AvgIpc) is 2.76. The van der Waals surface area contributed by atoms with Crippen LogP contribution in [-0.4, -0.2) is 73.1 Å². The van der Waals surface area contributed by atoms with Crippen LogP contribution < -0.4 is 10.2 Å². The van der Waals surface area contributed by atoms with E-state index in [4.69, 9.17) is 13.9 Å². The van der Waals surface area contributed by atoms with Crippen LogP contribution in [0.15, 0.2) is 45.6 Å². The Balaban J connectivity index is 1.83. The van der Waals surface area contributed by atoms with Crippen LogP contribution in [0, 0.1) is 0 Å². The molecule has 0 radical (unpaired) electrons. The lowest BCUT2D eigenvalue weighted by Crippen LogP contribution is -2.60. The molecule has 32 heavy (non-hydrogen) atoms. The minimum absolute atomic E-state index is 0.0150.